The highest BCUT2D eigenvalue weighted by Crippen LogP contribution is 2.10. The lowest BCUT2D eigenvalue weighted by Crippen LogP contribution is -1.88. The zero-order chi connectivity index (χ0) is 12.8. The van der Waals surface area contributed by atoms with Crippen molar-refractivity contribution in [2.24, 2.45) is 10.2 Å². The van der Waals surface area contributed by atoms with Gasteiger partial charge in [0.05, 0.1) is 23.6 Å². The summed E-state index contributed by atoms with van der Waals surface area (Å²) in [5.74, 6) is 0.607. The lowest BCUT2D eigenvalue weighted by molar-refractivity contribution is -0.384. The van der Waals surface area contributed by atoms with Crippen molar-refractivity contribution < 1.29 is 9.34 Å². The lowest BCUT2D eigenvalue weighted by Gasteiger charge is -1.91. The largest absolute Gasteiger partial charge is 0.463 e. The molecule has 0 spiro atoms. The van der Waals surface area contributed by atoms with Crippen LogP contribution in [-0.4, -0.2) is 17.4 Å². The average molecular weight is 243 g/mol. The minimum absolute atomic E-state index is 0.0474. The molecule has 0 saturated heterocycles. The Hall–Kier alpha value is -2.76. The monoisotopic (exact) mass is 243 g/mol. The van der Waals surface area contributed by atoms with Crippen LogP contribution in [0.25, 0.3) is 0 Å². The quantitative estimate of drug-likeness (QED) is 0.470. The van der Waals surface area contributed by atoms with Crippen molar-refractivity contribution >= 4 is 18.1 Å². The summed E-state index contributed by atoms with van der Waals surface area (Å²) in [5, 5.41) is 18.0. The molecule has 1 heterocycles. The molecule has 90 valence electrons. The van der Waals surface area contributed by atoms with Gasteiger partial charge < -0.3 is 4.42 Å². The van der Waals surface area contributed by atoms with Gasteiger partial charge in [0.1, 0.15) is 5.76 Å². The number of furan rings is 1. The van der Waals surface area contributed by atoms with Crippen molar-refractivity contribution in [3.63, 3.8) is 0 Å². The molecule has 6 nitrogen and oxygen atoms in total. The van der Waals surface area contributed by atoms with E-state index >= 15 is 0 Å². The highest BCUT2D eigenvalue weighted by Gasteiger charge is 2.02. The number of nitrogens with zero attached hydrogens (tertiary/aromatic N) is 3. The number of nitro benzene ring substituents is 1. The molecule has 0 aliphatic heterocycles. The molecule has 1 aromatic carbocycles. The first-order chi connectivity index (χ1) is 8.75. The van der Waals surface area contributed by atoms with E-state index in [0.29, 0.717) is 5.76 Å². The maximum Gasteiger partial charge on any atom is 0.269 e. The van der Waals surface area contributed by atoms with Gasteiger partial charge in [0.2, 0.25) is 0 Å². The van der Waals surface area contributed by atoms with Gasteiger partial charge in [-0.15, -0.1) is 0 Å². The van der Waals surface area contributed by atoms with Gasteiger partial charge in [0, 0.05) is 12.1 Å². The minimum Gasteiger partial charge on any atom is -0.463 e. The summed E-state index contributed by atoms with van der Waals surface area (Å²) >= 11 is 0. The van der Waals surface area contributed by atoms with Crippen molar-refractivity contribution in [2.75, 3.05) is 0 Å². The first kappa shape index (κ1) is 11.7. The van der Waals surface area contributed by atoms with E-state index in [9.17, 15) is 10.1 Å². The van der Waals surface area contributed by atoms with Gasteiger partial charge in [-0.2, -0.15) is 10.2 Å². The van der Waals surface area contributed by atoms with Crippen LogP contribution in [0, 0.1) is 10.1 Å². The van der Waals surface area contributed by atoms with Crippen molar-refractivity contribution in [3.8, 4) is 0 Å². The molecule has 0 unspecified atom stereocenters. The molecule has 2 aromatic rings. The first-order valence-electron chi connectivity index (χ1n) is 5.10. The third-order valence-corrected chi connectivity index (χ3v) is 2.11. The van der Waals surface area contributed by atoms with Gasteiger partial charge in [0.25, 0.3) is 5.69 Å². The maximum atomic E-state index is 10.4. The fourth-order valence-electron chi connectivity index (χ4n) is 1.24. The van der Waals surface area contributed by atoms with Crippen LogP contribution in [0.2, 0.25) is 0 Å². The van der Waals surface area contributed by atoms with Gasteiger partial charge in [-0.1, -0.05) is 0 Å². The third-order valence-electron chi connectivity index (χ3n) is 2.11. The topological polar surface area (TPSA) is 81.0 Å². The van der Waals surface area contributed by atoms with Crippen molar-refractivity contribution in [2.45, 2.75) is 0 Å². The van der Waals surface area contributed by atoms with Crippen LogP contribution in [0.5, 0.6) is 0 Å². The molecular weight excluding hydrogens is 234 g/mol. The number of nitro groups is 1. The van der Waals surface area contributed by atoms with E-state index in [-0.39, 0.29) is 5.69 Å². The van der Waals surface area contributed by atoms with Gasteiger partial charge >= 0.3 is 0 Å². The van der Waals surface area contributed by atoms with Gasteiger partial charge in [0.15, 0.2) is 0 Å². The lowest BCUT2D eigenvalue weighted by atomic mass is 10.2. The van der Waals surface area contributed by atoms with Crippen molar-refractivity contribution in [1.29, 1.82) is 0 Å². The SMILES string of the molecule is O=[N+]([O-])c1ccc(/C=N/N=C\c2ccco2)cc1. The van der Waals surface area contributed by atoms with Crippen molar-refractivity contribution in [1.82, 2.24) is 0 Å². The summed E-state index contributed by atoms with van der Waals surface area (Å²) in [6.07, 6.45) is 4.52. The summed E-state index contributed by atoms with van der Waals surface area (Å²) in [7, 11) is 0. The predicted molar refractivity (Wildman–Crippen MR) is 67.0 cm³/mol. The molecule has 0 N–H and O–H groups in total. The van der Waals surface area contributed by atoms with E-state index in [2.05, 4.69) is 10.2 Å². The maximum absolute atomic E-state index is 10.4. The number of rotatable bonds is 4. The Kier molecular flexibility index (Phi) is 3.60. The van der Waals surface area contributed by atoms with E-state index in [1.165, 1.54) is 24.6 Å². The molecule has 18 heavy (non-hydrogen) atoms. The van der Waals surface area contributed by atoms with E-state index in [0.717, 1.165) is 5.56 Å². The normalized spacial score (nSPS) is 11.3. The number of non-ortho nitro benzene ring substituents is 1. The Morgan fingerprint density at radius 1 is 1.11 bits per heavy atom. The average Bonchev–Trinajstić information content (AvgIpc) is 2.88. The highest BCUT2D eigenvalue weighted by molar-refractivity contribution is 5.81. The van der Waals surface area contributed by atoms with Crippen LogP contribution in [0.4, 0.5) is 5.69 Å². The minimum atomic E-state index is -0.448. The fourth-order valence-corrected chi connectivity index (χ4v) is 1.24. The molecule has 0 saturated carbocycles. The second-order valence-electron chi connectivity index (χ2n) is 3.35. The highest BCUT2D eigenvalue weighted by atomic mass is 16.6. The van der Waals surface area contributed by atoms with E-state index in [1.807, 2.05) is 0 Å². The zero-order valence-electron chi connectivity index (χ0n) is 9.26. The Bertz CT molecular complexity index is 571. The number of hydrogen-bond donors (Lipinski definition) is 0. The number of hydrogen-bond acceptors (Lipinski definition) is 5. The predicted octanol–water partition coefficient (Wildman–Crippen LogP) is 2.64. The third kappa shape index (κ3) is 3.11. The Balaban J connectivity index is 1.99. The molecule has 0 bridgehead atoms. The number of benzene rings is 1. The second kappa shape index (κ2) is 5.53. The molecule has 0 aliphatic rings. The van der Waals surface area contributed by atoms with Crippen LogP contribution >= 0.6 is 0 Å². The van der Waals surface area contributed by atoms with E-state index in [4.69, 9.17) is 4.42 Å². The first-order valence-corrected chi connectivity index (χ1v) is 5.10. The molecule has 0 atom stereocenters. The smallest absolute Gasteiger partial charge is 0.269 e. The zero-order valence-corrected chi connectivity index (χ0v) is 9.26. The summed E-state index contributed by atoms with van der Waals surface area (Å²) in [6, 6.07) is 9.54. The van der Waals surface area contributed by atoms with Crippen LogP contribution in [-0.2, 0) is 0 Å². The van der Waals surface area contributed by atoms with Gasteiger partial charge in [-0.25, -0.2) is 0 Å². The standard InChI is InChI=1S/C12H9N3O3/c16-15(17)11-5-3-10(4-6-11)8-13-14-9-12-2-1-7-18-12/h1-9H/b13-8+,14-9-. The van der Waals surface area contributed by atoms with Crippen LogP contribution < -0.4 is 0 Å². The van der Waals surface area contributed by atoms with Crippen LogP contribution in [0.1, 0.15) is 11.3 Å². The summed E-state index contributed by atoms with van der Waals surface area (Å²) in [5.41, 5.74) is 0.781. The van der Waals surface area contributed by atoms with E-state index in [1.54, 1.807) is 30.5 Å². The van der Waals surface area contributed by atoms with Crippen LogP contribution in [0.3, 0.4) is 0 Å². The van der Waals surface area contributed by atoms with Crippen LogP contribution in [0.15, 0.2) is 57.3 Å². The van der Waals surface area contributed by atoms with Crippen molar-refractivity contribution in [3.05, 3.63) is 64.1 Å². The molecule has 0 radical (unpaired) electrons. The van der Waals surface area contributed by atoms with Gasteiger partial charge in [-0.05, 0) is 29.8 Å². The van der Waals surface area contributed by atoms with Gasteiger partial charge in [-0.3, -0.25) is 10.1 Å². The summed E-state index contributed by atoms with van der Waals surface area (Å²) in [6.45, 7) is 0. The Morgan fingerprint density at radius 3 is 2.44 bits per heavy atom. The summed E-state index contributed by atoms with van der Waals surface area (Å²) < 4.78 is 5.03. The second-order valence-corrected chi connectivity index (χ2v) is 3.35. The Morgan fingerprint density at radius 2 is 1.83 bits per heavy atom. The van der Waals surface area contributed by atoms with E-state index < -0.39 is 4.92 Å². The molecule has 2 rings (SSSR count). The molecular formula is C12H9N3O3. The molecule has 0 aliphatic carbocycles. The molecule has 6 heteroatoms. The molecule has 0 amide bonds. The fraction of sp³-hybridized carbons (Fsp3) is 0. The Labute approximate surface area is 102 Å². The summed E-state index contributed by atoms with van der Waals surface area (Å²) in [4.78, 5) is 9.99. The molecule has 1 aromatic heterocycles. The molecule has 0 fully saturated rings.